The van der Waals surface area contributed by atoms with Gasteiger partial charge in [0, 0.05) is 84.3 Å². The fourth-order valence-corrected chi connectivity index (χ4v) is 6.99. The van der Waals surface area contributed by atoms with Crippen molar-refractivity contribution in [3.05, 3.63) is 268 Å². The Bertz CT molecular complexity index is 2810. The van der Waals surface area contributed by atoms with Gasteiger partial charge in [-0.2, -0.15) is 0 Å². The molecule has 0 N–H and O–H groups in total. The van der Waals surface area contributed by atoms with Crippen molar-refractivity contribution in [2.75, 3.05) is 0 Å². The molecular formula is C60H44Cr2N12. The first kappa shape index (κ1) is 52.7. The van der Waals surface area contributed by atoms with Crippen LogP contribution in [0.1, 0.15) is 0 Å². The Morgan fingerprint density at radius 1 is 0.135 bits per heavy atom. The first-order chi connectivity index (χ1) is 35.7. The van der Waals surface area contributed by atoms with Crippen LogP contribution in [0.5, 0.6) is 0 Å². The molecule has 12 rings (SSSR count). The van der Waals surface area contributed by atoms with E-state index in [2.05, 4.69) is 59.8 Å². The van der Waals surface area contributed by atoms with Crippen LogP contribution in [0.15, 0.2) is 268 Å². The number of rotatable bonds is 8. The standard InChI is InChI=1S/4C15H11N3.2Cr/c4*1-3-10-16-12(6-1)14-8-5-9-15(18-14)13-7-2-4-11-17-13;;/h4*1-11H;;. The SMILES string of the molecule is [Cr].[Cr].c1ccc(-c2cccc(-c3ccccn3)n2)nc1.c1ccc(-c2cccc(-c3ccccn3)n2)nc1.c1ccc(-c2cccc(-c3ccccn3)n2)nc1.c1ccc(-c2cccc(-c3ccccn3)n2)nc1. The van der Waals surface area contributed by atoms with Crippen LogP contribution in [-0.2, 0) is 34.7 Å². The third-order valence-corrected chi connectivity index (χ3v) is 10.4. The maximum Gasteiger partial charge on any atom is 0.0894 e. The zero-order chi connectivity index (χ0) is 48.8. The number of pyridine rings is 12. The van der Waals surface area contributed by atoms with E-state index in [1.807, 2.05) is 218 Å². The molecule has 14 heteroatoms. The summed E-state index contributed by atoms with van der Waals surface area (Å²) in [5.41, 5.74) is 13.8. The maximum atomic E-state index is 4.59. The summed E-state index contributed by atoms with van der Waals surface area (Å²) in [5.74, 6) is 0. The van der Waals surface area contributed by atoms with Crippen LogP contribution in [0, 0.1) is 0 Å². The molecular weight excluding hydrogens is 993 g/mol. The molecule has 0 saturated heterocycles. The third kappa shape index (κ3) is 14.9. The second-order valence-electron chi connectivity index (χ2n) is 15.4. The second kappa shape index (κ2) is 28.0. The van der Waals surface area contributed by atoms with E-state index in [1.165, 1.54) is 0 Å². The molecule has 0 aliphatic carbocycles. The summed E-state index contributed by atoms with van der Waals surface area (Å²) < 4.78 is 0. The normalized spacial score (nSPS) is 9.95. The van der Waals surface area contributed by atoms with E-state index in [1.54, 1.807) is 49.6 Å². The third-order valence-electron chi connectivity index (χ3n) is 10.4. The van der Waals surface area contributed by atoms with Gasteiger partial charge in [0.1, 0.15) is 0 Å². The van der Waals surface area contributed by atoms with Crippen LogP contribution in [0.4, 0.5) is 0 Å². The molecule has 0 fully saturated rings. The van der Waals surface area contributed by atoms with Gasteiger partial charge in [-0.25, -0.2) is 19.9 Å². The quantitative estimate of drug-likeness (QED) is 0.142. The summed E-state index contributed by atoms with van der Waals surface area (Å²) in [4.78, 5) is 52.8. The van der Waals surface area contributed by atoms with Gasteiger partial charge in [-0.05, 0) is 146 Å². The molecule has 0 aliphatic rings. The van der Waals surface area contributed by atoms with Crippen LogP contribution in [0.25, 0.3) is 91.1 Å². The Morgan fingerprint density at radius 3 is 0.365 bits per heavy atom. The fourth-order valence-electron chi connectivity index (χ4n) is 6.99. The van der Waals surface area contributed by atoms with Crippen molar-refractivity contribution in [3.8, 4) is 91.1 Å². The van der Waals surface area contributed by atoms with Crippen molar-refractivity contribution in [3.63, 3.8) is 0 Å². The van der Waals surface area contributed by atoms with E-state index in [0.717, 1.165) is 91.1 Å². The molecule has 12 nitrogen and oxygen atoms in total. The molecule has 0 radical (unpaired) electrons. The van der Waals surface area contributed by atoms with Crippen molar-refractivity contribution in [2.45, 2.75) is 0 Å². The minimum absolute atomic E-state index is 0. The Kier molecular flexibility index (Phi) is 20.0. The molecule has 356 valence electrons. The van der Waals surface area contributed by atoms with Gasteiger partial charge in [-0.15, -0.1) is 0 Å². The van der Waals surface area contributed by atoms with E-state index in [4.69, 9.17) is 0 Å². The summed E-state index contributed by atoms with van der Waals surface area (Å²) in [7, 11) is 0. The summed E-state index contributed by atoms with van der Waals surface area (Å²) in [6, 6.07) is 69.9. The van der Waals surface area contributed by atoms with Crippen molar-refractivity contribution in [1.29, 1.82) is 0 Å². The first-order valence-corrected chi connectivity index (χ1v) is 22.9. The van der Waals surface area contributed by atoms with E-state index in [-0.39, 0.29) is 34.7 Å². The zero-order valence-corrected chi connectivity index (χ0v) is 42.1. The van der Waals surface area contributed by atoms with Gasteiger partial charge >= 0.3 is 0 Å². The summed E-state index contributed by atoms with van der Waals surface area (Å²) >= 11 is 0. The maximum absolute atomic E-state index is 4.59. The van der Waals surface area contributed by atoms with E-state index >= 15 is 0 Å². The van der Waals surface area contributed by atoms with Gasteiger partial charge in [-0.1, -0.05) is 72.8 Å². The predicted octanol–water partition coefficient (Wildman–Crippen LogP) is 12.8. The fraction of sp³-hybridized carbons (Fsp3) is 0. The first-order valence-electron chi connectivity index (χ1n) is 22.9. The van der Waals surface area contributed by atoms with Crippen molar-refractivity contribution in [1.82, 2.24) is 59.8 Å². The van der Waals surface area contributed by atoms with E-state index < -0.39 is 0 Å². The monoisotopic (exact) mass is 1040 g/mol. The summed E-state index contributed by atoms with van der Waals surface area (Å²) in [6.45, 7) is 0. The smallest absolute Gasteiger partial charge is 0.0894 e. The number of nitrogens with zero attached hydrogens (tertiary/aromatic N) is 12. The minimum Gasteiger partial charge on any atom is -0.255 e. The average molecular weight is 1040 g/mol. The van der Waals surface area contributed by atoms with Gasteiger partial charge in [-0.3, -0.25) is 39.9 Å². The zero-order valence-electron chi connectivity index (χ0n) is 39.6. The van der Waals surface area contributed by atoms with E-state index in [9.17, 15) is 0 Å². The van der Waals surface area contributed by atoms with Crippen LogP contribution in [0.2, 0.25) is 0 Å². The number of aromatic nitrogens is 12. The van der Waals surface area contributed by atoms with Crippen LogP contribution < -0.4 is 0 Å². The molecule has 0 amide bonds. The summed E-state index contributed by atoms with van der Waals surface area (Å²) in [6.07, 6.45) is 14.1. The van der Waals surface area contributed by atoms with Crippen molar-refractivity contribution in [2.24, 2.45) is 0 Å². The van der Waals surface area contributed by atoms with Crippen LogP contribution in [-0.4, -0.2) is 59.8 Å². The molecule has 0 unspecified atom stereocenters. The molecule has 0 spiro atoms. The molecule has 0 bridgehead atoms. The topological polar surface area (TPSA) is 155 Å². The molecule has 74 heavy (non-hydrogen) atoms. The van der Waals surface area contributed by atoms with Gasteiger partial charge in [0.05, 0.1) is 91.1 Å². The Morgan fingerprint density at radius 2 is 0.257 bits per heavy atom. The van der Waals surface area contributed by atoms with Crippen molar-refractivity contribution >= 4 is 0 Å². The van der Waals surface area contributed by atoms with Gasteiger partial charge in [0.2, 0.25) is 0 Å². The average Bonchev–Trinajstić information content (AvgIpc) is 3.49. The Balaban J connectivity index is 0.000000143. The second-order valence-corrected chi connectivity index (χ2v) is 15.4. The molecule has 0 saturated carbocycles. The molecule has 0 atom stereocenters. The van der Waals surface area contributed by atoms with Crippen LogP contribution >= 0.6 is 0 Å². The Labute approximate surface area is 450 Å². The van der Waals surface area contributed by atoms with Gasteiger partial charge < -0.3 is 0 Å². The van der Waals surface area contributed by atoms with Gasteiger partial charge in [0.15, 0.2) is 0 Å². The predicted molar refractivity (Wildman–Crippen MR) is 283 cm³/mol. The molecule has 0 aliphatic heterocycles. The number of hydrogen-bond donors (Lipinski definition) is 0. The van der Waals surface area contributed by atoms with E-state index in [0.29, 0.717) is 0 Å². The van der Waals surface area contributed by atoms with Crippen LogP contribution in [0.3, 0.4) is 0 Å². The molecule has 12 aromatic rings. The minimum atomic E-state index is 0. The Hall–Kier alpha value is -9.14. The summed E-state index contributed by atoms with van der Waals surface area (Å²) in [5, 5.41) is 0. The molecule has 12 aromatic heterocycles. The molecule has 12 heterocycles. The number of hydrogen-bond acceptors (Lipinski definition) is 12. The molecule has 0 aromatic carbocycles. The van der Waals surface area contributed by atoms with Gasteiger partial charge in [0.25, 0.3) is 0 Å². The largest absolute Gasteiger partial charge is 0.255 e. The van der Waals surface area contributed by atoms with Crippen molar-refractivity contribution < 1.29 is 34.7 Å².